The second kappa shape index (κ2) is 8.23. The minimum absolute atomic E-state index is 0.00545. The van der Waals surface area contributed by atoms with Crippen molar-refractivity contribution in [2.75, 3.05) is 50.1 Å². The Kier molecular flexibility index (Phi) is 5.78. The maximum Gasteiger partial charge on any atom is 0.262 e. The van der Waals surface area contributed by atoms with Gasteiger partial charge in [-0.05, 0) is 61.4 Å². The van der Waals surface area contributed by atoms with Crippen molar-refractivity contribution in [3.63, 3.8) is 0 Å². The molecule has 0 spiro atoms. The Bertz CT molecular complexity index is 750. The van der Waals surface area contributed by atoms with Crippen LogP contribution in [0.4, 0.5) is 11.4 Å². The van der Waals surface area contributed by atoms with E-state index < -0.39 is 0 Å². The molecule has 2 N–H and O–H groups in total. The summed E-state index contributed by atoms with van der Waals surface area (Å²) >= 11 is 0. The topological polar surface area (TPSA) is 46.0 Å². The molecule has 5 heteroatoms. The van der Waals surface area contributed by atoms with Crippen molar-refractivity contribution in [1.29, 1.82) is 0 Å². The number of amides is 1. The number of hydrogen-bond donors (Lipinski definition) is 2. The fourth-order valence-electron chi connectivity index (χ4n) is 3.05. The third-order valence-electron chi connectivity index (χ3n) is 4.98. The average Bonchev–Trinajstić information content (AvgIpc) is 2.64. The Morgan fingerprint density at radius 3 is 2.42 bits per heavy atom. The molecule has 26 heavy (non-hydrogen) atoms. The molecule has 1 saturated heterocycles. The molecule has 138 valence electrons. The molecule has 0 aromatic heterocycles. The van der Waals surface area contributed by atoms with Crippen molar-refractivity contribution >= 4 is 17.3 Å². The summed E-state index contributed by atoms with van der Waals surface area (Å²) in [6, 6.07) is 13.9. The first kappa shape index (κ1) is 18.3. The van der Waals surface area contributed by atoms with Gasteiger partial charge >= 0.3 is 0 Å². The molecule has 1 aliphatic rings. The number of ether oxygens (including phenoxy) is 1. The molecule has 5 nitrogen and oxygen atoms in total. The van der Waals surface area contributed by atoms with Gasteiger partial charge in [0.15, 0.2) is 6.61 Å². The van der Waals surface area contributed by atoms with Gasteiger partial charge in [-0.1, -0.05) is 6.07 Å². The molecule has 0 aliphatic carbocycles. The second-order valence-corrected chi connectivity index (χ2v) is 7.07. The van der Waals surface area contributed by atoms with E-state index in [0.717, 1.165) is 43.2 Å². The standard InChI is InChI=1S/C21H27N3O2/c1-16-4-9-20(14-17(16)2)26-15-21(25)22-18-5-7-19(8-6-18)24-12-10-23(3)11-13-24/h4-9,14H,10-13,15H2,1-3H3,(H,22,25)/p+1. The molecule has 2 aromatic rings. The van der Waals surface area contributed by atoms with Gasteiger partial charge in [-0.2, -0.15) is 0 Å². The third kappa shape index (κ3) is 4.76. The number of rotatable bonds is 5. The van der Waals surface area contributed by atoms with Gasteiger partial charge in [0.2, 0.25) is 0 Å². The first-order valence-electron chi connectivity index (χ1n) is 9.17. The van der Waals surface area contributed by atoms with Crippen LogP contribution in [0.1, 0.15) is 11.1 Å². The summed E-state index contributed by atoms with van der Waals surface area (Å²) in [5, 5.41) is 2.89. The number of quaternary nitrogens is 1. The first-order valence-corrected chi connectivity index (χ1v) is 9.17. The summed E-state index contributed by atoms with van der Waals surface area (Å²) in [5.41, 5.74) is 4.37. The van der Waals surface area contributed by atoms with E-state index in [1.807, 2.05) is 37.3 Å². The van der Waals surface area contributed by atoms with Gasteiger partial charge in [-0.25, -0.2) is 0 Å². The number of hydrogen-bond acceptors (Lipinski definition) is 3. The van der Waals surface area contributed by atoms with Crippen LogP contribution in [0.25, 0.3) is 0 Å². The van der Waals surface area contributed by atoms with Gasteiger partial charge < -0.3 is 19.9 Å². The van der Waals surface area contributed by atoms with Crippen LogP contribution < -0.4 is 19.9 Å². The van der Waals surface area contributed by atoms with Crippen LogP contribution >= 0.6 is 0 Å². The summed E-state index contributed by atoms with van der Waals surface area (Å²) in [6.45, 7) is 8.56. The second-order valence-electron chi connectivity index (χ2n) is 7.07. The predicted molar refractivity (Wildman–Crippen MR) is 105 cm³/mol. The zero-order valence-electron chi connectivity index (χ0n) is 15.8. The molecule has 0 unspecified atom stereocenters. The maximum atomic E-state index is 12.1. The lowest BCUT2D eigenvalue weighted by Gasteiger charge is -2.31. The Morgan fingerprint density at radius 2 is 1.77 bits per heavy atom. The van der Waals surface area contributed by atoms with Crippen LogP contribution in [0, 0.1) is 13.8 Å². The van der Waals surface area contributed by atoms with Crippen molar-refractivity contribution < 1.29 is 14.4 Å². The highest BCUT2D eigenvalue weighted by atomic mass is 16.5. The van der Waals surface area contributed by atoms with Gasteiger partial charge in [-0.3, -0.25) is 4.79 Å². The van der Waals surface area contributed by atoms with E-state index in [9.17, 15) is 4.79 Å². The summed E-state index contributed by atoms with van der Waals surface area (Å²) in [7, 11) is 2.23. The Morgan fingerprint density at radius 1 is 1.08 bits per heavy atom. The quantitative estimate of drug-likeness (QED) is 0.858. The van der Waals surface area contributed by atoms with Crippen LogP contribution in [0.15, 0.2) is 42.5 Å². The van der Waals surface area contributed by atoms with E-state index in [2.05, 4.69) is 36.3 Å². The fraction of sp³-hybridized carbons (Fsp3) is 0.381. The minimum Gasteiger partial charge on any atom is -0.484 e. The lowest BCUT2D eigenvalue weighted by molar-refractivity contribution is -0.880. The summed E-state index contributed by atoms with van der Waals surface area (Å²) in [5.74, 6) is 0.565. The SMILES string of the molecule is Cc1ccc(OCC(=O)Nc2ccc(N3CC[NH+](C)CC3)cc2)cc1C. The number of carbonyl (C=O) groups excluding carboxylic acids is 1. The van der Waals surface area contributed by atoms with E-state index in [0.29, 0.717) is 0 Å². The molecule has 0 saturated carbocycles. The van der Waals surface area contributed by atoms with Crippen molar-refractivity contribution in [2.24, 2.45) is 0 Å². The largest absolute Gasteiger partial charge is 0.484 e. The van der Waals surface area contributed by atoms with E-state index in [-0.39, 0.29) is 12.5 Å². The number of aryl methyl sites for hydroxylation is 2. The van der Waals surface area contributed by atoms with Gasteiger partial charge in [0.1, 0.15) is 5.75 Å². The van der Waals surface area contributed by atoms with Gasteiger partial charge in [0.25, 0.3) is 5.91 Å². The number of nitrogens with zero attached hydrogens (tertiary/aromatic N) is 1. The predicted octanol–water partition coefficient (Wildman–Crippen LogP) is 1.66. The fourth-order valence-corrected chi connectivity index (χ4v) is 3.05. The Balaban J connectivity index is 1.50. The molecular weight excluding hydrogens is 326 g/mol. The third-order valence-corrected chi connectivity index (χ3v) is 4.98. The normalized spacial score (nSPS) is 15.0. The summed E-state index contributed by atoms with van der Waals surface area (Å²) in [4.78, 5) is 16.1. The van der Waals surface area contributed by atoms with Gasteiger partial charge in [0.05, 0.1) is 33.2 Å². The monoisotopic (exact) mass is 354 g/mol. The first-order chi connectivity index (χ1) is 12.5. The van der Waals surface area contributed by atoms with Crippen LogP contribution in [0.2, 0.25) is 0 Å². The number of piperazine rings is 1. The number of nitrogens with one attached hydrogen (secondary N) is 2. The summed E-state index contributed by atoms with van der Waals surface area (Å²) in [6.07, 6.45) is 0. The molecule has 2 aromatic carbocycles. The highest BCUT2D eigenvalue weighted by Crippen LogP contribution is 2.19. The minimum atomic E-state index is -0.154. The molecule has 1 amide bonds. The van der Waals surface area contributed by atoms with E-state index >= 15 is 0 Å². The van der Waals surface area contributed by atoms with Crippen molar-refractivity contribution in [1.82, 2.24) is 0 Å². The molecule has 0 radical (unpaired) electrons. The number of benzene rings is 2. The number of likely N-dealkylation sites (N-methyl/N-ethyl adjacent to an activating group) is 1. The van der Waals surface area contributed by atoms with Gasteiger partial charge in [-0.15, -0.1) is 0 Å². The van der Waals surface area contributed by atoms with E-state index in [4.69, 9.17) is 4.74 Å². The van der Waals surface area contributed by atoms with Crippen LogP contribution in [-0.2, 0) is 4.79 Å². The van der Waals surface area contributed by atoms with E-state index in [1.54, 1.807) is 4.90 Å². The van der Waals surface area contributed by atoms with Crippen LogP contribution in [0.3, 0.4) is 0 Å². The maximum absolute atomic E-state index is 12.1. The molecule has 3 rings (SSSR count). The molecule has 0 atom stereocenters. The van der Waals surface area contributed by atoms with Crippen LogP contribution in [-0.4, -0.2) is 45.7 Å². The highest BCUT2D eigenvalue weighted by molar-refractivity contribution is 5.92. The van der Waals surface area contributed by atoms with Crippen molar-refractivity contribution in [3.05, 3.63) is 53.6 Å². The lowest BCUT2D eigenvalue weighted by Crippen LogP contribution is -3.12. The average molecular weight is 354 g/mol. The Labute approximate surface area is 155 Å². The molecule has 1 heterocycles. The molecule has 1 aliphatic heterocycles. The lowest BCUT2D eigenvalue weighted by atomic mass is 10.1. The molecular formula is C21H28N3O2+. The highest BCUT2D eigenvalue weighted by Gasteiger charge is 2.16. The molecule has 0 bridgehead atoms. The number of anilines is 2. The van der Waals surface area contributed by atoms with Crippen LogP contribution in [0.5, 0.6) is 5.75 Å². The number of carbonyl (C=O) groups is 1. The smallest absolute Gasteiger partial charge is 0.262 e. The zero-order valence-corrected chi connectivity index (χ0v) is 15.8. The van der Waals surface area contributed by atoms with E-state index in [1.165, 1.54) is 11.3 Å². The van der Waals surface area contributed by atoms with Gasteiger partial charge in [0, 0.05) is 11.4 Å². The summed E-state index contributed by atoms with van der Waals surface area (Å²) < 4.78 is 5.58. The van der Waals surface area contributed by atoms with Crippen molar-refractivity contribution in [3.8, 4) is 5.75 Å². The molecule has 1 fully saturated rings. The zero-order chi connectivity index (χ0) is 18.5. The Hall–Kier alpha value is -2.53. The van der Waals surface area contributed by atoms with Crippen molar-refractivity contribution in [2.45, 2.75) is 13.8 Å².